The summed E-state index contributed by atoms with van der Waals surface area (Å²) < 4.78 is 5.58. The Morgan fingerprint density at radius 3 is 2.39 bits per heavy atom. The highest BCUT2D eigenvalue weighted by atomic mass is 32.1. The van der Waals surface area contributed by atoms with Crippen LogP contribution in [0.4, 0.5) is 17.5 Å². The van der Waals surface area contributed by atoms with Crippen LogP contribution in [0.25, 0.3) is 11.1 Å². The number of aromatic nitrogens is 2. The molecule has 3 aromatic rings. The Hall–Kier alpha value is -3.39. The van der Waals surface area contributed by atoms with Gasteiger partial charge in [0.1, 0.15) is 11.6 Å². The molecule has 1 heterocycles. The predicted octanol–water partition coefficient (Wildman–Crippen LogP) is 5.81. The van der Waals surface area contributed by atoms with E-state index in [-0.39, 0.29) is 0 Å². The van der Waals surface area contributed by atoms with Crippen molar-refractivity contribution < 1.29 is 4.74 Å². The Bertz CT molecular complexity index is 1260. The Balaban J connectivity index is 1.17. The smallest absolute Gasteiger partial charge is 0.225 e. The zero-order chi connectivity index (χ0) is 26.5. The molecular formula is C30H38N6OS. The van der Waals surface area contributed by atoms with Crippen LogP contribution < -0.4 is 25.6 Å². The van der Waals surface area contributed by atoms with Gasteiger partial charge in [0.05, 0.1) is 18.5 Å². The Morgan fingerprint density at radius 1 is 0.921 bits per heavy atom. The number of nitrogens with one attached hydrogen (secondary N) is 3. The van der Waals surface area contributed by atoms with Crippen molar-refractivity contribution in [2.75, 3.05) is 36.7 Å². The number of nitrogens with zero attached hydrogens (tertiary/aromatic N) is 3. The van der Waals surface area contributed by atoms with E-state index in [0.29, 0.717) is 17.2 Å². The van der Waals surface area contributed by atoms with Crippen molar-refractivity contribution in [1.29, 1.82) is 0 Å². The van der Waals surface area contributed by atoms with Gasteiger partial charge in [-0.25, -0.2) is 4.98 Å². The molecule has 0 unspecified atom stereocenters. The Kier molecular flexibility index (Phi) is 8.27. The largest absolute Gasteiger partial charge is 0.495 e. The highest BCUT2D eigenvalue weighted by Crippen LogP contribution is 2.32. The second kappa shape index (κ2) is 12.0. The molecule has 200 valence electrons. The maximum Gasteiger partial charge on any atom is 0.225 e. The van der Waals surface area contributed by atoms with Gasteiger partial charge in [-0.2, -0.15) is 4.98 Å². The summed E-state index contributed by atoms with van der Waals surface area (Å²) in [7, 11) is 5.83. The molecule has 2 aromatic carbocycles. The molecular weight excluding hydrogens is 492 g/mol. The van der Waals surface area contributed by atoms with Crippen molar-refractivity contribution in [2.45, 2.75) is 63.5 Å². The van der Waals surface area contributed by atoms with E-state index in [1.807, 2.05) is 24.3 Å². The molecule has 2 aliphatic carbocycles. The van der Waals surface area contributed by atoms with Crippen LogP contribution in [0.5, 0.6) is 5.75 Å². The average molecular weight is 531 g/mol. The fourth-order valence-corrected chi connectivity index (χ4v) is 5.81. The molecule has 2 aliphatic rings. The number of benzene rings is 2. The minimum Gasteiger partial charge on any atom is -0.495 e. The normalized spacial score (nSPS) is 18.7. The van der Waals surface area contributed by atoms with E-state index >= 15 is 0 Å². The lowest BCUT2D eigenvalue weighted by Crippen LogP contribution is -2.42. The first kappa shape index (κ1) is 26.2. The molecule has 0 amide bonds. The van der Waals surface area contributed by atoms with Crippen molar-refractivity contribution in [2.24, 2.45) is 0 Å². The predicted molar refractivity (Wildman–Crippen MR) is 160 cm³/mol. The standard InChI is InChI=1S/C30H38N6OS/c1-36(2)28-24-11-7-8-12-25(24)33-29(35-28)31-22-14-16-23(17-15-22)32-30(38)34-26-19-21(13-18-27(26)37-3)20-9-5-4-6-10-20/h4-6,9-10,13,18-19,22-23H,7-8,11-12,14-17H2,1-3H3,(H,31,33,35)(H2,32,34,38). The summed E-state index contributed by atoms with van der Waals surface area (Å²) in [5.41, 5.74) is 5.68. The minimum absolute atomic E-state index is 0.332. The maximum absolute atomic E-state index is 5.70. The van der Waals surface area contributed by atoms with E-state index in [1.54, 1.807) is 7.11 Å². The molecule has 0 bridgehead atoms. The Labute approximate surface area is 231 Å². The zero-order valence-corrected chi connectivity index (χ0v) is 23.4. The van der Waals surface area contributed by atoms with Gasteiger partial charge < -0.3 is 25.6 Å². The first-order valence-electron chi connectivity index (χ1n) is 13.6. The van der Waals surface area contributed by atoms with E-state index in [0.717, 1.165) is 72.9 Å². The number of ether oxygens (including phenoxy) is 1. The van der Waals surface area contributed by atoms with Gasteiger partial charge in [-0.1, -0.05) is 36.4 Å². The summed E-state index contributed by atoms with van der Waals surface area (Å²) >= 11 is 5.70. The summed E-state index contributed by atoms with van der Waals surface area (Å²) in [5, 5.41) is 11.2. The number of fused-ring (bicyclic) bond motifs is 1. The van der Waals surface area contributed by atoms with Crippen LogP contribution in [-0.4, -0.2) is 48.4 Å². The fourth-order valence-electron chi connectivity index (χ4n) is 5.53. The fraction of sp³-hybridized carbons (Fsp3) is 0.433. The molecule has 1 fully saturated rings. The van der Waals surface area contributed by atoms with Crippen LogP contribution >= 0.6 is 12.2 Å². The molecule has 8 heteroatoms. The SMILES string of the molecule is COc1ccc(-c2ccccc2)cc1NC(=S)NC1CCC(Nc2nc3c(c(N(C)C)n2)CCCC3)CC1. The molecule has 7 nitrogen and oxygen atoms in total. The third kappa shape index (κ3) is 6.18. The molecule has 1 saturated carbocycles. The molecule has 5 rings (SSSR count). The van der Waals surface area contributed by atoms with Crippen LogP contribution in [0.2, 0.25) is 0 Å². The summed E-state index contributed by atoms with van der Waals surface area (Å²) in [6.45, 7) is 0. The van der Waals surface area contributed by atoms with Gasteiger partial charge in [0.2, 0.25) is 5.95 Å². The second-order valence-corrected chi connectivity index (χ2v) is 10.9. The average Bonchev–Trinajstić information content (AvgIpc) is 2.94. The minimum atomic E-state index is 0.332. The van der Waals surface area contributed by atoms with Crippen LogP contribution in [-0.2, 0) is 12.8 Å². The zero-order valence-electron chi connectivity index (χ0n) is 22.6. The molecule has 0 radical (unpaired) electrons. The first-order valence-corrected chi connectivity index (χ1v) is 14.1. The summed E-state index contributed by atoms with van der Waals surface area (Å²) in [6.07, 6.45) is 8.73. The molecule has 38 heavy (non-hydrogen) atoms. The monoisotopic (exact) mass is 530 g/mol. The van der Waals surface area contributed by atoms with E-state index in [2.05, 4.69) is 59.2 Å². The number of methoxy groups -OCH3 is 1. The van der Waals surface area contributed by atoms with Crippen molar-refractivity contribution >= 4 is 34.8 Å². The number of hydrogen-bond donors (Lipinski definition) is 3. The third-order valence-electron chi connectivity index (χ3n) is 7.54. The molecule has 0 spiro atoms. The second-order valence-electron chi connectivity index (χ2n) is 10.5. The lowest BCUT2D eigenvalue weighted by molar-refractivity contribution is 0.387. The van der Waals surface area contributed by atoms with Crippen molar-refractivity contribution in [3.63, 3.8) is 0 Å². The summed E-state index contributed by atoms with van der Waals surface area (Å²) in [6, 6.07) is 17.2. The van der Waals surface area contributed by atoms with Gasteiger partial charge in [0.25, 0.3) is 0 Å². The molecule has 0 aliphatic heterocycles. The molecule has 1 aromatic heterocycles. The highest BCUT2D eigenvalue weighted by molar-refractivity contribution is 7.80. The molecule has 0 atom stereocenters. The summed E-state index contributed by atoms with van der Waals surface area (Å²) in [4.78, 5) is 11.9. The number of aryl methyl sites for hydroxylation is 1. The van der Waals surface area contributed by atoms with Gasteiger partial charge >= 0.3 is 0 Å². The lowest BCUT2D eigenvalue weighted by atomic mass is 9.91. The van der Waals surface area contributed by atoms with Gasteiger partial charge in [-0.3, -0.25) is 0 Å². The van der Waals surface area contributed by atoms with Gasteiger partial charge in [0.15, 0.2) is 5.11 Å². The number of rotatable bonds is 7. The maximum atomic E-state index is 5.70. The van der Waals surface area contributed by atoms with Crippen LogP contribution in [0, 0.1) is 0 Å². The summed E-state index contributed by atoms with van der Waals surface area (Å²) in [5.74, 6) is 2.60. The topological polar surface area (TPSA) is 74.3 Å². The van der Waals surface area contributed by atoms with E-state index < -0.39 is 0 Å². The van der Waals surface area contributed by atoms with Crippen molar-refractivity contribution in [1.82, 2.24) is 15.3 Å². The quantitative estimate of drug-likeness (QED) is 0.331. The van der Waals surface area contributed by atoms with E-state index in [1.165, 1.54) is 24.1 Å². The van der Waals surface area contributed by atoms with E-state index in [4.69, 9.17) is 26.9 Å². The van der Waals surface area contributed by atoms with Crippen LogP contribution in [0.1, 0.15) is 49.8 Å². The highest BCUT2D eigenvalue weighted by Gasteiger charge is 2.24. The van der Waals surface area contributed by atoms with Gasteiger partial charge in [-0.05, 0) is 86.8 Å². The number of hydrogen-bond acceptors (Lipinski definition) is 6. The Morgan fingerprint density at radius 2 is 1.66 bits per heavy atom. The molecule has 0 saturated heterocycles. The van der Waals surface area contributed by atoms with Gasteiger partial charge in [-0.15, -0.1) is 0 Å². The van der Waals surface area contributed by atoms with Crippen LogP contribution in [0.3, 0.4) is 0 Å². The van der Waals surface area contributed by atoms with Crippen molar-refractivity contribution in [3.05, 3.63) is 59.8 Å². The van der Waals surface area contributed by atoms with Gasteiger partial charge in [0, 0.05) is 31.7 Å². The molecule has 3 N–H and O–H groups in total. The number of thiocarbonyl (C=S) groups is 1. The first-order chi connectivity index (χ1) is 18.5. The number of anilines is 3. The lowest BCUT2D eigenvalue weighted by Gasteiger charge is -2.31. The van der Waals surface area contributed by atoms with Crippen LogP contribution in [0.15, 0.2) is 48.5 Å². The van der Waals surface area contributed by atoms with Crippen molar-refractivity contribution in [3.8, 4) is 16.9 Å². The third-order valence-corrected chi connectivity index (χ3v) is 7.76. The van der Waals surface area contributed by atoms with E-state index in [9.17, 15) is 0 Å².